The maximum Gasteiger partial charge on any atom is 0.322 e. The number of hydrogen-bond acceptors (Lipinski definition) is 5. The molecule has 3 amide bonds. The SMILES string of the molecule is COc1ccc(CC2NC(=O)NC2=O)cc1-c1cc2c(cc1C)N(C(C)C)CCN2C(C)C. The summed E-state index contributed by atoms with van der Waals surface area (Å²) in [6.07, 6.45) is 0.428. The topological polar surface area (TPSA) is 73.9 Å². The van der Waals surface area contributed by atoms with Crippen LogP contribution in [0.3, 0.4) is 0 Å². The minimum absolute atomic E-state index is 0.288. The molecular weight excluding hydrogens is 416 g/mol. The molecule has 1 fully saturated rings. The van der Waals surface area contributed by atoms with Gasteiger partial charge in [0.1, 0.15) is 11.8 Å². The van der Waals surface area contributed by atoms with Crippen molar-refractivity contribution in [3.8, 4) is 16.9 Å². The average Bonchev–Trinajstić information content (AvgIpc) is 3.08. The number of urea groups is 1. The van der Waals surface area contributed by atoms with Crippen LogP contribution in [-0.2, 0) is 11.2 Å². The summed E-state index contributed by atoms with van der Waals surface area (Å²) in [5.41, 5.74) is 6.75. The molecule has 2 heterocycles. The Morgan fingerprint density at radius 2 is 1.61 bits per heavy atom. The van der Waals surface area contributed by atoms with Crippen molar-refractivity contribution in [3.05, 3.63) is 41.5 Å². The van der Waals surface area contributed by atoms with Gasteiger partial charge in [-0.3, -0.25) is 10.1 Å². The van der Waals surface area contributed by atoms with Crippen LogP contribution in [0.25, 0.3) is 11.1 Å². The fourth-order valence-electron chi connectivity index (χ4n) is 4.89. The zero-order chi connectivity index (χ0) is 23.9. The lowest BCUT2D eigenvalue weighted by Gasteiger charge is -2.43. The number of carbonyl (C=O) groups is 2. The number of carbonyl (C=O) groups excluding carboxylic acids is 2. The van der Waals surface area contributed by atoms with Crippen LogP contribution in [0.4, 0.5) is 16.2 Å². The van der Waals surface area contributed by atoms with E-state index in [1.807, 2.05) is 12.1 Å². The van der Waals surface area contributed by atoms with E-state index in [0.717, 1.165) is 35.5 Å². The number of benzene rings is 2. The molecule has 0 spiro atoms. The molecule has 176 valence electrons. The maximum absolute atomic E-state index is 12.0. The lowest BCUT2D eigenvalue weighted by Crippen LogP contribution is -2.46. The molecule has 0 radical (unpaired) electrons. The molecule has 1 atom stereocenters. The summed E-state index contributed by atoms with van der Waals surface area (Å²) >= 11 is 0. The number of nitrogens with zero attached hydrogens (tertiary/aromatic N) is 2. The molecule has 2 aromatic rings. The molecule has 0 aliphatic carbocycles. The molecule has 33 heavy (non-hydrogen) atoms. The minimum atomic E-state index is -0.556. The predicted molar refractivity (Wildman–Crippen MR) is 132 cm³/mol. The monoisotopic (exact) mass is 450 g/mol. The van der Waals surface area contributed by atoms with Crippen molar-refractivity contribution in [1.82, 2.24) is 10.6 Å². The first-order valence-electron chi connectivity index (χ1n) is 11.7. The van der Waals surface area contributed by atoms with E-state index in [4.69, 9.17) is 4.74 Å². The number of rotatable bonds is 6. The molecular formula is C26H34N4O3. The van der Waals surface area contributed by atoms with Crippen molar-refractivity contribution in [2.45, 2.75) is 59.2 Å². The largest absolute Gasteiger partial charge is 0.496 e. The number of hydrogen-bond donors (Lipinski definition) is 2. The summed E-state index contributed by atoms with van der Waals surface area (Å²) in [5.74, 6) is 0.498. The Labute approximate surface area is 196 Å². The van der Waals surface area contributed by atoms with E-state index in [0.29, 0.717) is 18.5 Å². The standard InChI is InChI=1S/C26H34N4O3/c1-15(2)29-9-10-30(16(3)4)23-14-19(17(5)11-22(23)29)20-12-18(7-8-24(20)33-6)13-21-25(31)28-26(32)27-21/h7-8,11-12,14-16,21H,9-10,13H2,1-6H3,(H2,27,28,31,32). The van der Waals surface area contributed by atoms with Crippen LogP contribution in [0, 0.1) is 6.92 Å². The first-order valence-corrected chi connectivity index (χ1v) is 11.7. The molecule has 2 N–H and O–H groups in total. The molecule has 0 aromatic heterocycles. The van der Waals surface area contributed by atoms with Gasteiger partial charge in [-0.15, -0.1) is 0 Å². The van der Waals surface area contributed by atoms with Crippen LogP contribution in [0.15, 0.2) is 30.3 Å². The Morgan fingerprint density at radius 1 is 0.970 bits per heavy atom. The van der Waals surface area contributed by atoms with Gasteiger partial charge in [0, 0.05) is 37.2 Å². The number of nitrogens with one attached hydrogen (secondary N) is 2. The van der Waals surface area contributed by atoms with E-state index in [1.165, 1.54) is 16.9 Å². The van der Waals surface area contributed by atoms with Gasteiger partial charge in [0.15, 0.2) is 0 Å². The normalized spacial score (nSPS) is 18.0. The van der Waals surface area contributed by atoms with E-state index < -0.39 is 12.1 Å². The van der Waals surface area contributed by atoms with Gasteiger partial charge in [-0.1, -0.05) is 6.07 Å². The Kier molecular flexibility index (Phi) is 6.23. The molecule has 0 saturated carbocycles. The second-order valence-corrected chi connectivity index (χ2v) is 9.48. The molecule has 7 heteroatoms. The van der Waals surface area contributed by atoms with Gasteiger partial charge in [-0.25, -0.2) is 4.79 Å². The van der Waals surface area contributed by atoms with E-state index in [2.05, 4.69) is 73.3 Å². The van der Waals surface area contributed by atoms with Crippen LogP contribution < -0.4 is 25.2 Å². The minimum Gasteiger partial charge on any atom is -0.496 e. The van der Waals surface area contributed by atoms with Crippen LogP contribution in [-0.4, -0.2) is 50.3 Å². The molecule has 2 aliphatic heterocycles. The van der Waals surface area contributed by atoms with Crippen molar-refractivity contribution >= 4 is 23.3 Å². The number of ether oxygens (including phenoxy) is 1. The Hall–Kier alpha value is -3.22. The molecule has 2 aliphatic rings. The number of imide groups is 1. The Bertz CT molecular complexity index is 1080. The highest BCUT2D eigenvalue weighted by Gasteiger charge is 2.30. The number of anilines is 2. The Balaban J connectivity index is 1.79. The van der Waals surface area contributed by atoms with Crippen molar-refractivity contribution < 1.29 is 14.3 Å². The molecule has 2 aromatic carbocycles. The van der Waals surface area contributed by atoms with Gasteiger partial charge in [-0.05, 0) is 75.6 Å². The van der Waals surface area contributed by atoms with Gasteiger partial charge >= 0.3 is 6.03 Å². The zero-order valence-electron chi connectivity index (χ0n) is 20.4. The summed E-state index contributed by atoms with van der Waals surface area (Å²) in [4.78, 5) is 28.5. The van der Waals surface area contributed by atoms with Crippen molar-refractivity contribution in [3.63, 3.8) is 0 Å². The van der Waals surface area contributed by atoms with E-state index in [-0.39, 0.29) is 5.91 Å². The lowest BCUT2D eigenvalue weighted by atomic mass is 9.93. The highest BCUT2D eigenvalue weighted by Crippen LogP contribution is 2.43. The molecule has 0 bridgehead atoms. The van der Waals surface area contributed by atoms with Gasteiger partial charge in [0.2, 0.25) is 0 Å². The smallest absolute Gasteiger partial charge is 0.322 e. The van der Waals surface area contributed by atoms with Crippen LogP contribution in [0.2, 0.25) is 0 Å². The highest BCUT2D eigenvalue weighted by molar-refractivity contribution is 6.04. The highest BCUT2D eigenvalue weighted by atomic mass is 16.5. The zero-order valence-corrected chi connectivity index (χ0v) is 20.4. The number of aryl methyl sites for hydroxylation is 1. The summed E-state index contributed by atoms with van der Waals surface area (Å²) in [6, 6.07) is 10.4. The quantitative estimate of drug-likeness (QED) is 0.654. The fraction of sp³-hybridized carbons (Fsp3) is 0.462. The van der Waals surface area contributed by atoms with E-state index in [9.17, 15) is 9.59 Å². The van der Waals surface area contributed by atoms with Crippen molar-refractivity contribution in [2.75, 3.05) is 30.0 Å². The predicted octanol–water partition coefficient (Wildman–Crippen LogP) is 3.86. The van der Waals surface area contributed by atoms with Gasteiger partial charge in [0.25, 0.3) is 5.91 Å². The third kappa shape index (κ3) is 4.36. The summed E-state index contributed by atoms with van der Waals surface area (Å²) in [7, 11) is 1.68. The second kappa shape index (κ2) is 8.96. The number of fused-ring (bicyclic) bond motifs is 1. The molecule has 4 rings (SSSR count). The lowest BCUT2D eigenvalue weighted by molar-refractivity contribution is -0.120. The number of amides is 3. The van der Waals surface area contributed by atoms with Crippen molar-refractivity contribution in [1.29, 1.82) is 0 Å². The van der Waals surface area contributed by atoms with Gasteiger partial charge in [0.05, 0.1) is 18.5 Å². The number of methoxy groups -OCH3 is 1. The Morgan fingerprint density at radius 3 is 2.15 bits per heavy atom. The summed E-state index contributed by atoms with van der Waals surface area (Å²) in [6.45, 7) is 13.1. The molecule has 1 unspecified atom stereocenters. The third-order valence-corrected chi connectivity index (χ3v) is 6.62. The van der Waals surface area contributed by atoms with Gasteiger partial charge < -0.3 is 19.9 Å². The average molecular weight is 451 g/mol. The van der Waals surface area contributed by atoms with Crippen LogP contribution in [0.1, 0.15) is 38.8 Å². The third-order valence-electron chi connectivity index (χ3n) is 6.62. The van der Waals surface area contributed by atoms with Crippen LogP contribution >= 0.6 is 0 Å². The summed E-state index contributed by atoms with van der Waals surface area (Å²) < 4.78 is 5.72. The second-order valence-electron chi connectivity index (χ2n) is 9.48. The first kappa shape index (κ1) is 23.0. The molecule has 7 nitrogen and oxygen atoms in total. The van der Waals surface area contributed by atoms with E-state index in [1.54, 1.807) is 7.11 Å². The summed E-state index contributed by atoms with van der Waals surface area (Å²) in [5, 5.41) is 4.99. The maximum atomic E-state index is 12.0. The molecule has 1 saturated heterocycles. The van der Waals surface area contributed by atoms with Crippen LogP contribution in [0.5, 0.6) is 5.75 Å². The fourth-order valence-corrected chi connectivity index (χ4v) is 4.89. The first-order chi connectivity index (χ1) is 15.7. The van der Waals surface area contributed by atoms with Crippen molar-refractivity contribution in [2.24, 2.45) is 0 Å². The van der Waals surface area contributed by atoms with Gasteiger partial charge in [-0.2, -0.15) is 0 Å². The van der Waals surface area contributed by atoms with E-state index >= 15 is 0 Å².